The summed E-state index contributed by atoms with van der Waals surface area (Å²) in [5.41, 5.74) is 1.05. The Labute approximate surface area is 123 Å². The first-order valence-electron chi connectivity index (χ1n) is 7.16. The molecule has 0 bridgehead atoms. The lowest BCUT2D eigenvalue weighted by Gasteiger charge is -2.29. The van der Waals surface area contributed by atoms with E-state index in [9.17, 15) is 17.6 Å². The second-order valence-corrected chi connectivity index (χ2v) is 8.19. The van der Waals surface area contributed by atoms with Crippen molar-refractivity contribution in [2.45, 2.75) is 38.3 Å². The van der Waals surface area contributed by atoms with Crippen LogP contribution in [-0.4, -0.2) is 42.8 Å². The van der Waals surface area contributed by atoms with E-state index in [4.69, 9.17) is 0 Å². The molecule has 1 aliphatic carbocycles. The summed E-state index contributed by atoms with van der Waals surface area (Å²) < 4.78 is 36.8. The smallest absolute Gasteiger partial charge is 0.254 e. The number of nitrogens with zero attached hydrogens (tertiary/aromatic N) is 1. The lowest BCUT2D eigenvalue weighted by molar-refractivity contribution is 0.0679. The maximum absolute atomic E-state index is 13.4. The number of hydrogen-bond donors (Lipinski definition) is 0. The number of benzene rings is 1. The molecule has 1 aromatic rings. The molecule has 0 spiro atoms. The van der Waals surface area contributed by atoms with Crippen molar-refractivity contribution in [2.75, 3.05) is 11.5 Å². The Morgan fingerprint density at radius 3 is 2.52 bits per heavy atom. The van der Waals surface area contributed by atoms with Gasteiger partial charge >= 0.3 is 0 Å². The molecule has 4 nitrogen and oxygen atoms in total. The van der Waals surface area contributed by atoms with Gasteiger partial charge in [0.15, 0.2) is 9.84 Å². The van der Waals surface area contributed by atoms with Crippen LogP contribution in [0.4, 0.5) is 4.39 Å². The monoisotopic (exact) mass is 311 g/mol. The number of rotatable bonds is 3. The van der Waals surface area contributed by atoms with Gasteiger partial charge in [0, 0.05) is 17.6 Å². The molecular formula is C15H18FNO3S. The normalized spacial score (nSPS) is 24.0. The SMILES string of the molecule is Cc1ccc(F)cc1C(=O)N(C1CC1)C1CCS(=O)(=O)C1. The first-order chi connectivity index (χ1) is 9.87. The van der Waals surface area contributed by atoms with Gasteiger partial charge in [0.05, 0.1) is 11.5 Å². The van der Waals surface area contributed by atoms with E-state index in [1.807, 2.05) is 0 Å². The Morgan fingerprint density at radius 1 is 1.24 bits per heavy atom. The van der Waals surface area contributed by atoms with E-state index in [0.717, 1.165) is 12.8 Å². The highest BCUT2D eigenvalue weighted by Gasteiger charge is 2.42. The van der Waals surface area contributed by atoms with Crippen molar-refractivity contribution >= 4 is 15.7 Å². The lowest BCUT2D eigenvalue weighted by atomic mass is 10.1. The predicted octanol–water partition coefficient (Wildman–Crippen LogP) is 1.93. The summed E-state index contributed by atoms with van der Waals surface area (Å²) in [5.74, 6) is -0.518. The highest BCUT2D eigenvalue weighted by atomic mass is 32.2. The van der Waals surface area contributed by atoms with Gasteiger partial charge < -0.3 is 4.90 Å². The number of amides is 1. The second kappa shape index (κ2) is 5.09. The largest absolute Gasteiger partial charge is 0.332 e. The Bertz CT molecular complexity index is 682. The van der Waals surface area contributed by atoms with Crippen LogP contribution < -0.4 is 0 Å². The van der Waals surface area contributed by atoms with E-state index in [0.29, 0.717) is 17.5 Å². The lowest BCUT2D eigenvalue weighted by Crippen LogP contribution is -2.43. The third-order valence-electron chi connectivity index (χ3n) is 4.21. The quantitative estimate of drug-likeness (QED) is 0.857. The highest BCUT2D eigenvalue weighted by molar-refractivity contribution is 7.91. The van der Waals surface area contributed by atoms with E-state index < -0.39 is 15.7 Å². The minimum atomic E-state index is -3.05. The summed E-state index contributed by atoms with van der Waals surface area (Å²) in [6.07, 6.45) is 2.28. The van der Waals surface area contributed by atoms with Crippen LogP contribution in [0.2, 0.25) is 0 Å². The molecule has 0 aromatic heterocycles. The molecule has 0 N–H and O–H groups in total. The van der Waals surface area contributed by atoms with Gasteiger partial charge in [0.2, 0.25) is 0 Å². The van der Waals surface area contributed by atoms with Gasteiger partial charge in [-0.05, 0) is 43.9 Å². The molecule has 1 unspecified atom stereocenters. The van der Waals surface area contributed by atoms with E-state index in [2.05, 4.69) is 0 Å². The zero-order valence-corrected chi connectivity index (χ0v) is 12.7. The van der Waals surface area contributed by atoms with Gasteiger partial charge in [-0.15, -0.1) is 0 Å². The summed E-state index contributed by atoms with van der Waals surface area (Å²) in [6.45, 7) is 1.77. The van der Waals surface area contributed by atoms with Crippen LogP contribution in [-0.2, 0) is 9.84 Å². The van der Waals surface area contributed by atoms with Crippen molar-refractivity contribution < 1.29 is 17.6 Å². The summed E-state index contributed by atoms with van der Waals surface area (Å²) in [7, 11) is -3.05. The fourth-order valence-corrected chi connectivity index (χ4v) is 4.65. The molecule has 1 saturated heterocycles. The molecule has 1 atom stereocenters. The molecular weight excluding hydrogens is 293 g/mol. The fraction of sp³-hybridized carbons (Fsp3) is 0.533. The average molecular weight is 311 g/mol. The Kier molecular flexibility index (Phi) is 3.51. The van der Waals surface area contributed by atoms with Gasteiger partial charge in [-0.1, -0.05) is 6.07 Å². The maximum atomic E-state index is 13.4. The van der Waals surface area contributed by atoms with E-state index in [1.165, 1.54) is 12.1 Å². The number of aryl methyl sites for hydroxylation is 1. The third kappa shape index (κ3) is 2.95. The van der Waals surface area contributed by atoms with E-state index >= 15 is 0 Å². The first kappa shape index (κ1) is 14.5. The molecule has 1 aliphatic heterocycles. The Hall–Kier alpha value is -1.43. The predicted molar refractivity (Wildman–Crippen MR) is 77.4 cm³/mol. The van der Waals surface area contributed by atoms with Gasteiger partial charge in [-0.3, -0.25) is 4.79 Å². The molecule has 114 valence electrons. The average Bonchev–Trinajstić information content (AvgIpc) is 3.17. The minimum absolute atomic E-state index is 0.0314. The van der Waals surface area contributed by atoms with Crippen molar-refractivity contribution in [1.82, 2.24) is 4.90 Å². The molecule has 2 aliphatic rings. The zero-order valence-electron chi connectivity index (χ0n) is 11.9. The molecule has 21 heavy (non-hydrogen) atoms. The van der Waals surface area contributed by atoms with Gasteiger partial charge in [0.1, 0.15) is 5.82 Å². The molecule has 1 amide bonds. The highest BCUT2D eigenvalue weighted by Crippen LogP contribution is 2.34. The van der Waals surface area contributed by atoms with Crippen molar-refractivity contribution in [3.63, 3.8) is 0 Å². The number of carbonyl (C=O) groups excluding carboxylic acids is 1. The van der Waals surface area contributed by atoms with Crippen LogP contribution in [0, 0.1) is 12.7 Å². The van der Waals surface area contributed by atoms with Crippen LogP contribution >= 0.6 is 0 Å². The van der Waals surface area contributed by atoms with Gasteiger partial charge in [-0.25, -0.2) is 12.8 Å². The van der Waals surface area contributed by atoms with Crippen LogP contribution in [0.15, 0.2) is 18.2 Å². The van der Waals surface area contributed by atoms with Crippen molar-refractivity contribution in [1.29, 1.82) is 0 Å². The molecule has 1 heterocycles. The molecule has 2 fully saturated rings. The molecule has 1 saturated carbocycles. The fourth-order valence-electron chi connectivity index (χ4n) is 2.94. The van der Waals surface area contributed by atoms with Crippen LogP contribution in [0.25, 0.3) is 0 Å². The van der Waals surface area contributed by atoms with E-state index in [-0.39, 0.29) is 29.5 Å². The number of sulfone groups is 1. The van der Waals surface area contributed by atoms with E-state index in [1.54, 1.807) is 17.9 Å². The summed E-state index contributed by atoms with van der Waals surface area (Å²) in [5, 5.41) is 0. The van der Waals surface area contributed by atoms with Crippen LogP contribution in [0.3, 0.4) is 0 Å². The number of halogens is 1. The van der Waals surface area contributed by atoms with Crippen molar-refractivity contribution in [3.8, 4) is 0 Å². The molecule has 0 radical (unpaired) electrons. The van der Waals surface area contributed by atoms with Gasteiger partial charge in [0.25, 0.3) is 5.91 Å². The Morgan fingerprint density at radius 2 is 1.95 bits per heavy atom. The molecule has 1 aromatic carbocycles. The standard InChI is InChI=1S/C15H18FNO3S/c1-10-2-3-11(16)8-14(10)15(18)17(12-4-5-12)13-6-7-21(19,20)9-13/h2-3,8,12-13H,4-7,9H2,1H3. The third-order valence-corrected chi connectivity index (χ3v) is 5.96. The minimum Gasteiger partial charge on any atom is -0.332 e. The van der Waals surface area contributed by atoms with Gasteiger partial charge in [-0.2, -0.15) is 0 Å². The Balaban J connectivity index is 1.91. The summed E-state index contributed by atoms with van der Waals surface area (Å²) >= 11 is 0. The molecule has 3 rings (SSSR count). The topological polar surface area (TPSA) is 54.5 Å². The maximum Gasteiger partial charge on any atom is 0.254 e. The number of carbonyl (C=O) groups is 1. The zero-order chi connectivity index (χ0) is 15.2. The first-order valence-corrected chi connectivity index (χ1v) is 8.99. The summed E-state index contributed by atoms with van der Waals surface area (Å²) in [4.78, 5) is 14.4. The second-order valence-electron chi connectivity index (χ2n) is 5.96. The van der Waals surface area contributed by atoms with Crippen LogP contribution in [0.1, 0.15) is 35.2 Å². The van der Waals surface area contributed by atoms with Crippen molar-refractivity contribution in [2.24, 2.45) is 0 Å². The molecule has 6 heteroatoms. The van der Waals surface area contributed by atoms with Crippen molar-refractivity contribution in [3.05, 3.63) is 35.1 Å². The van der Waals surface area contributed by atoms with Crippen LogP contribution in [0.5, 0.6) is 0 Å². The summed E-state index contributed by atoms with van der Waals surface area (Å²) in [6, 6.07) is 4.00. The number of hydrogen-bond acceptors (Lipinski definition) is 3.